The van der Waals surface area contributed by atoms with E-state index in [0.717, 1.165) is 42.5 Å². The fraction of sp³-hybridized carbons (Fsp3) is 0.485. The van der Waals surface area contributed by atoms with Crippen LogP contribution in [0.3, 0.4) is 0 Å². The monoisotopic (exact) mass is 553 g/mol. The van der Waals surface area contributed by atoms with Crippen LogP contribution < -0.4 is 11.1 Å². The fourth-order valence-electron chi connectivity index (χ4n) is 6.18. The summed E-state index contributed by atoms with van der Waals surface area (Å²) in [6.45, 7) is 7.96. The minimum absolute atomic E-state index is 0.0126. The Morgan fingerprint density at radius 2 is 1.90 bits per heavy atom. The third-order valence-corrected chi connectivity index (χ3v) is 8.51. The van der Waals surface area contributed by atoms with Crippen molar-refractivity contribution in [3.8, 4) is 0 Å². The van der Waals surface area contributed by atoms with E-state index < -0.39 is 11.7 Å². The number of carbonyl (C=O) groups excluding carboxylic acids is 1. The van der Waals surface area contributed by atoms with Gasteiger partial charge in [-0.25, -0.2) is 0 Å². The van der Waals surface area contributed by atoms with Gasteiger partial charge in [0.1, 0.15) is 0 Å². The summed E-state index contributed by atoms with van der Waals surface area (Å²) in [6, 6.07) is 11.9. The van der Waals surface area contributed by atoms with Gasteiger partial charge in [0.25, 0.3) is 5.91 Å². The molecule has 1 unspecified atom stereocenters. The number of rotatable bonds is 10. The summed E-state index contributed by atoms with van der Waals surface area (Å²) >= 11 is 0. The molecule has 4 rings (SSSR count). The molecule has 1 aliphatic carbocycles. The molecule has 0 radical (unpaired) electrons. The van der Waals surface area contributed by atoms with E-state index >= 15 is 0 Å². The average molecular weight is 554 g/mol. The number of nitrogens with one attached hydrogen (secondary N) is 1. The number of fused-ring (bicyclic) bond motifs is 1. The van der Waals surface area contributed by atoms with Gasteiger partial charge in [-0.1, -0.05) is 55.8 Å². The molecular formula is C33H42F3N3O. The second kappa shape index (κ2) is 13.1. The number of benzene rings is 2. The van der Waals surface area contributed by atoms with Crippen LogP contribution in [0.4, 0.5) is 18.9 Å². The highest BCUT2D eigenvalue weighted by molar-refractivity contribution is 5.94. The van der Waals surface area contributed by atoms with Crippen molar-refractivity contribution in [1.29, 1.82) is 0 Å². The van der Waals surface area contributed by atoms with E-state index in [4.69, 9.17) is 5.73 Å². The number of nitrogens with two attached hydrogens (primary N) is 1. The lowest BCUT2D eigenvalue weighted by atomic mass is 9.70. The van der Waals surface area contributed by atoms with Crippen molar-refractivity contribution in [2.75, 3.05) is 25.0 Å². The van der Waals surface area contributed by atoms with Crippen molar-refractivity contribution in [2.24, 2.45) is 23.5 Å². The number of halogens is 3. The quantitative estimate of drug-likeness (QED) is 0.319. The van der Waals surface area contributed by atoms with Gasteiger partial charge >= 0.3 is 6.18 Å². The van der Waals surface area contributed by atoms with Crippen LogP contribution in [-0.4, -0.2) is 36.5 Å². The normalized spacial score (nSPS) is 22.9. The number of allylic oxidation sites excluding steroid dienone is 3. The fourth-order valence-corrected chi connectivity index (χ4v) is 6.18. The van der Waals surface area contributed by atoms with Crippen LogP contribution >= 0.6 is 0 Å². The predicted octanol–water partition coefficient (Wildman–Crippen LogP) is 7.57. The summed E-state index contributed by atoms with van der Waals surface area (Å²) < 4.78 is 40.6. The van der Waals surface area contributed by atoms with Gasteiger partial charge in [0.05, 0.1) is 5.56 Å². The number of nitrogens with zero attached hydrogens (tertiary/aromatic N) is 1. The lowest BCUT2D eigenvalue weighted by Gasteiger charge is -2.43. The molecule has 4 nitrogen and oxygen atoms in total. The van der Waals surface area contributed by atoms with Crippen molar-refractivity contribution in [3.05, 3.63) is 89.0 Å². The smallest absolute Gasteiger partial charge is 0.381 e. The van der Waals surface area contributed by atoms with E-state index in [2.05, 4.69) is 37.4 Å². The van der Waals surface area contributed by atoms with Gasteiger partial charge in [-0.3, -0.25) is 4.79 Å². The molecular weight excluding hydrogens is 511 g/mol. The van der Waals surface area contributed by atoms with E-state index in [1.165, 1.54) is 12.1 Å². The molecule has 2 aromatic rings. The molecule has 7 heteroatoms. The van der Waals surface area contributed by atoms with Gasteiger partial charge in [-0.15, -0.1) is 0 Å². The van der Waals surface area contributed by atoms with Crippen molar-refractivity contribution in [1.82, 2.24) is 4.90 Å². The molecule has 0 fully saturated rings. The highest BCUT2D eigenvalue weighted by atomic mass is 19.4. The van der Waals surface area contributed by atoms with Crippen LogP contribution in [0.25, 0.3) is 0 Å². The second-order valence-electron chi connectivity index (χ2n) is 11.6. The molecule has 1 aliphatic heterocycles. The molecule has 1 amide bonds. The third kappa shape index (κ3) is 7.17. The Bertz CT molecular complexity index is 1200. The number of hydrogen-bond acceptors (Lipinski definition) is 3. The maximum Gasteiger partial charge on any atom is 0.416 e. The molecule has 5 atom stereocenters. The number of hydrogen-bond donors (Lipinski definition) is 2. The minimum Gasteiger partial charge on any atom is -0.381 e. The summed E-state index contributed by atoms with van der Waals surface area (Å²) in [5, 5.41) is 3.63. The Morgan fingerprint density at radius 3 is 2.55 bits per heavy atom. The summed E-state index contributed by atoms with van der Waals surface area (Å²) in [4.78, 5) is 15.2. The first-order chi connectivity index (χ1) is 19.1. The molecule has 216 valence electrons. The van der Waals surface area contributed by atoms with Gasteiger partial charge in [-0.2, -0.15) is 13.2 Å². The maximum atomic E-state index is 13.5. The van der Waals surface area contributed by atoms with Crippen LogP contribution in [0.5, 0.6) is 0 Å². The summed E-state index contributed by atoms with van der Waals surface area (Å²) in [7, 11) is 0. The van der Waals surface area contributed by atoms with Gasteiger partial charge in [0.15, 0.2) is 0 Å². The SMILES string of the molecule is Cc1ccc(C(=O)N(CCCN)C[C@H](C)CC[C@@H]2[C@H](C)c3cc(C(F)(F)F)ccc3N[C@H]2C2C=CC=CC2)cc1. The highest BCUT2D eigenvalue weighted by Crippen LogP contribution is 2.46. The molecule has 0 bridgehead atoms. The molecule has 40 heavy (non-hydrogen) atoms. The third-order valence-electron chi connectivity index (χ3n) is 8.51. The van der Waals surface area contributed by atoms with E-state index in [1.54, 1.807) is 6.07 Å². The average Bonchev–Trinajstić information content (AvgIpc) is 2.94. The lowest BCUT2D eigenvalue weighted by molar-refractivity contribution is -0.137. The molecule has 0 aromatic heterocycles. The second-order valence-corrected chi connectivity index (χ2v) is 11.6. The highest BCUT2D eigenvalue weighted by Gasteiger charge is 2.39. The first-order valence-corrected chi connectivity index (χ1v) is 14.5. The van der Waals surface area contributed by atoms with E-state index in [-0.39, 0.29) is 35.6 Å². The number of alkyl halides is 3. The molecule has 0 spiro atoms. The zero-order valence-corrected chi connectivity index (χ0v) is 23.8. The Labute approximate surface area is 236 Å². The Kier molecular flexibility index (Phi) is 9.77. The van der Waals surface area contributed by atoms with Crippen molar-refractivity contribution < 1.29 is 18.0 Å². The largest absolute Gasteiger partial charge is 0.416 e. The molecule has 1 heterocycles. The topological polar surface area (TPSA) is 58.4 Å². The Hall–Kier alpha value is -3.06. The summed E-state index contributed by atoms with van der Waals surface area (Å²) in [5.74, 6) is 0.637. The number of carbonyl (C=O) groups is 1. The van der Waals surface area contributed by atoms with Gasteiger partial charge in [-0.05, 0) is 92.8 Å². The number of aryl methyl sites for hydroxylation is 1. The summed E-state index contributed by atoms with van der Waals surface area (Å²) in [6.07, 6.45) is 7.47. The number of anilines is 1. The van der Waals surface area contributed by atoms with Gasteiger partial charge < -0.3 is 16.0 Å². The standard InChI is InChI=1S/C33H42F3N3O/c1-22-10-13-26(14-11-22)32(40)39(19-7-18-37)21-23(2)12-16-28-24(3)29-20-27(33(34,35)36)15-17-30(29)38-31(28)25-8-5-4-6-9-25/h4-6,8,10-11,13-15,17,20,23-25,28,31,38H,7,9,12,16,18-19,21,37H2,1-3H3/t23-,24+,25?,28-,31+/m1/s1. The zero-order chi connectivity index (χ0) is 28.9. The van der Waals surface area contributed by atoms with Crippen LogP contribution in [-0.2, 0) is 6.18 Å². The number of amides is 1. The molecule has 0 saturated carbocycles. The van der Waals surface area contributed by atoms with Crippen molar-refractivity contribution in [2.45, 2.75) is 64.6 Å². The molecule has 0 saturated heterocycles. The first kappa shape index (κ1) is 29.9. The van der Waals surface area contributed by atoms with Crippen LogP contribution in [0, 0.1) is 24.7 Å². The van der Waals surface area contributed by atoms with Crippen molar-refractivity contribution in [3.63, 3.8) is 0 Å². The van der Waals surface area contributed by atoms with E-state index in [0.29, 0.717) is 25.2 Å². The Morgan fingerprint density at radius 1 is 1.15 bits per heavy atom. The van der Waals surface area contributed by atoms with E-state index in [1.807, 2.05) is 42.2 Å². The van der Waals surface area contributed by atoms with Gasteiger partial charge in [0.2, 0.25) is 0 Å². The lowest BCUT2D eigenvalue weighted by Crippen LogP contribution is -2.42. The van der Waals surface area contributed by atoms with Crippen LogP contribution in [0.15, 0.2) is 66.8 Å². The van der Waals surface area contributed by atoms with Crippen LogP contribution in [0.1, 0.15) is 72.5 Å². The molecule has 2 aromatic carbocycles. The van der Waals surface area contributed by atoms with Gasteiger partial charge in [0, 0.05) is 36.3 Å². The predicted molar refractivity (Wildman–Crippen MR) is 156 cm³/mol. The minimum atomic E-state index is -4.37. The van der Waals surface area contributed by atoms with Crippen molar-refractivity contribution >= 4 is 11.6 Å². The first-order valence-electron chi connectivity index (χ1n) is 14.5. The molecule has 3 N–H and O–H groups in total. The zero-order valence-electron chi connectivity index (χ0n) is 23.8. The maximum absolute atomic E-state index is 13.5. The summed E-state index contributed by atoms with van der Waals surface area (Å²) in [5.41, 5.74) is 8.49. The van der Waals surface area contributed by atoms with Crippen LogP contribution in [0.2, 0.25) is 0 Å². The Balaban J connectivity index is 1.51. The van der Waals surface area contributed by atoms with E-state index in [9.17, 15) is 18.0 Å². The molecule has 2 aliphatic rings.